The van der Waals surface area contributed by atoms with Crippen molar-refractivity contribution in [1.82, 2.24) is 4.90 Å². The van der Waals surface area contributed by atoms with Crippen molar-refractivity contribution in [3.8, 4) is 0 Å². The Kier molecular flexibility index (Phi) is 5.82. The molecule has 1 aliphatic rings. The lowest BCUT2D eigenvalue weighted by Gasteiger charge is -2.31. The summed E-state index contributed by atoms with van der Waals surface area (Å²) < 4.78 is 4.88. The highest BCUT2D eigenvalue weighted by molar-refractivity contribution is 5.87. The molecule has 0 spiro atoms. The maximum absolute atomic E-state index is 12.8. The Labute approximate surface area is 147 Å². The molecule has 1 aliphatic heterocycles. The van der Waals surface area contributed by atoms with Crippen LogP contribution in [-0.4, -0.2) is 41.0 Å². The number of carboxylic acid groups (broad SMARTS) is 1. The van der Waals surface area contributed by atoms with Crippen LogP contribution in [0.4, 0.5) is 0 Å². The number of amides is 1. The van der Waals surface area contributed by atoms with E-state index in [0.717, 1.165) is 11.1 Å². The number of likely N-dealkylation sites (tertiary alicyclic amines) is 1. The summed E-state index contributed by atoms with van der Waals surface area (Å²) in [4.78, 5) is 38.2. The van der Waals surface area contributed by atoms with E-state index in [1.165, 1.54) is 12.0 Å². The first kappa shape index (κ1) is 19.0. The van der Waals surface area contributed by atoms with Gasteiger partial charge in [0.1, 0.15) is 6.04 Å². The molecule has 0 saturated carbocycles. The van der Waals surface area contributed by atoms with Crippen LogP contribution in [0.5, 0.6) is 0 Å². The number of aliphatic carboxylic acids is 1. The summed E-state index contributed by atoms with van der Waals surface area (Å²) in [5.41, 5.74) is 1.74. The summed E-state index contributed by atoms with van der Waals surface area (Å²) in [5.74, 6) is -2.43. The lowest BCUT2D eigenvalue weighted by molar-refractivity contribution is -0.151. The number of nitrogens with zero attached hydrogens (tertiary/aromatic N) is 1. The van der Waals surface area contributed by atoms with E-state index in [9.17, 15) is 19.5 Å². The number of esters is 1. The Hall–Kier alpha value is -2.37. The molecule has 136 valence electrons. The van der Waals surface area contributed by atoms with Crippen molar-refractivity contribution in [2.75, 3.05) is 7.11 Å². The topological polar surface area (TPSA) is 83.9 Å². The van der Waals surface area contributed by atoms with Crippen molar-refractivity contribution in [3.63, 3.8) is 0 Å². The molecule has 0 radical (unpaired) electrons. The minimum atomic E-state index is -1.10. The fourth-order valence-electron chi connectivity index (χ4n) is 3.50. The van der Waals surface area contributed by atoms with Crippen molar-refractivity contribution < 1.29 is 24.2 Å². The van der Waals surface area contributed by atoms with E-state index in [2.05, 4.69) is 0 Å². The quantitative estimate of drug-likeness (QED) is 0.828. The standard InChI is InChI=1S/C19H25NO5/c1-11(2)8-16(21)20-15(18(22)23)10-14(19(24)25-4)17(20)13-7-5-6-12(3)9-13/h5-7,9,11,14-15,17H,8,10H2,1-4H3,(H,22,23). The number of hydrogen-bond donors (Lipinski definition) is 1. The van der Waals surface area contributed by atoms with Gasteiger partial charge in [0.2, 0.25) is 5.91 Å². The second kappa shape index (κ2) is 7.68. The SMILES string of the molecule is COC(=O)C1CC(C(=O)O)N(C(=O)CC(C)C)C1c1cccc(C)c1. The van der Waals surface area contributed by atoms with Gasteiger partial charge in [-0.2, -0.15) is 0 Å². The average Bonchev–Trinajstić information content (AvgIpc) is 2.94. The van der Waals surface area contributed by atoms with Gasteiger partial charge >= 0.3 is 11.9 Å². The number of ether oxygens (including phenoxy) is 1. The molecule has 1 fully saturated rings. The molecule has 1 N–H and O–H groups in total. The predicted molar refractivity (Wildman–Crippen MR) is 91.8 cm³/mol. The van der Waals surface area contributed by atoms with Crippen LogP contribution in [0.15, 0.2) is 24.3 Å². The normalized spacial score (nSPS) is 22.9. The highest BCUT2D eigenvalue weighted by Gasteiger charge is 2.50. The monoisotopic (exact) mass is 347 g/mol. The molecule has 3 atom stereocenters. The molecule has 0 aromatic heterocycles. The molecule has 1 saturated heterocycles. The molecule has 25 heavy (non-hydrogen) atoms. The molecule has 1 heterocycles. The molecule has 0 bridgehead atoms. The number of carboxylic acids is 1. The van der Waals surface area contributed by atoms with Gasteiger partial charge in [0, 0.05) is 6.42 Å². The third-order valence-corrected chi connectivity index (χ3v) is 4.54. The van der Waals surface area contributed by atoms with E-state index in [4.69, 9.17) is 4.74 Å². The second-order valence-electron chi connectivity index (χ2n) is 6.98. The van der Waals surface area contributed by atoms with Gasteiger partial charge in [-0.25, -0.2) is 4.79 Å². The van der Waals surface area contributed by atoms with E-state index >= 15 is 0 Å². The smallest absolute Gasteiger partial charge is 0.326 e. The van der Waals surface area contributed by atoms with Crippen molar-refractivity contribution in [1.29, 1.82) is 0 Å². The molecule has 0 aliphatic carbocycles. The van der Waals surface area contributed by atoms with E-state index in [0.29, 0.717) is 0 Å². The summed E-state index contributed by atoms with van der Waals surface area (Å²) in [6.07, 6.45) is 0.296. The van der Waals surface area contributed by atoms with Crippen molar-refractivity contribution >= 4 is 17.8 Å². The number of carbonyl (C=O) groups excluding carboxylic acids is 2. The van der Waals surface area contributed by atoms with Crippen LogP contribution in [0.3, 0.4) is 0 Å². The second-order valence-corrected chi connectivity index (χ2v) is 6.98. The van der Waals surface area contributed by atoms with Crippen LogP contribution >= 0.6 is 0 Å². The number of rotatable bonds is 5. The van der Waals surface area contributed by atoms with Crippen LogP contribution < -0.4 is 0 Å². The molecular weight excluding hydrogens is 322 g/mol. The Balaban J connectivity index is 2.52. The van der Waals surface area contributed by atoms with E-state index in [1.54, 1.807) is 0 Å². The highest BCUT2D eigenvalue weighted by Crippen LogP contribution is 2.42. The van der Waals surface area contributed by atoms with E-state index < -0.39 is 29.9 Å². The Morgan fingerprint density at radius 2 is 2.00 bits per heavy atom. The van der Waals surface area contributed by atoms with Crippen LogP contribution in [0.25, 0.3) is 0 Å². The van der Waals surface area contributed by atoms with Crippen molar-refractivity contribution in [3.05, 3.63) is 35.4 Å². The number of aryl methyl sites for hydroxylation is 1. The molecule has 2 rings (SSSR count). The van der Waals surface area contributed by atoms with Crippen molar-refractivity contribution in [2.24, 2.45) is 11.8 Å². The lowest BCUT2D eigenvalue weighted by atomic mass is 9.92. The van der Waals surface area contributed by atoms with Gasteiger partial charge in [-0.15, -0.1) is 0 Å². The van der Waals surface area contributed by atoms with Crippen LogP contribution in [0.1, 0.15) is 43.9 Å². The zero-order chi connectivity index (χ0) is 18.7. The fraction of sp³-hybridized carbons (Fsp3) is 0.526. The minimum Gasteiger partial charge on any atom is -0.480 e. The molecule has 3 unspecified atom stereocenters. The summed E-state index contributed by atoms with van der Waals surface area (Å²) in [6.45, 7) is 5.73. The molecule has 1 aromatic carbocycles. The molecule has 6 heteroatoms. The summed E-state index contributed by atoms with van der Waals surface area (Å²) in [5, 5.41) is 9.61. The number of methoxy groups -OCH3 is 1. The van der Waals surface area contributed by atoms with Gasteiger partial charge in [0.25, 0.3) is 0 Å². The van der Waals surface area contributed by atoms with Gasteiger partial charge in [0.15, 0.2) is 0 Å². The van der Waals surface area contributed by atoms with Crippen molar-refractivity contribution in [2.45, 2.75) is 45.7 Å². The first-order valence-corrected chi connectivity index (χ1v) is 8.44. The Morgan fingerprint density at radius 3 is 2.52 bits per heavy atom. The molecular formula is C19H25NO5. The highest BCUT2D eigenvalue weighted by atomic mass is 16.5. The largest absolute Gasteiger partial charge is 0.480 e. The van der Waals surface area contributed by atoms with Gasteiger partial charge in [0.05, 0.1) is 19.1 Å². The molecule has 1 aromatic rings. The van der Waals surface area contributed by atoms with Gasteiger partial charge < -0.3 is 14.7 Å². The number of carbonyl (C=O) groups is 3. The van der Waals surface area contributed by atoms with Crippen LogP contribution in [0.2, 0.25) is 0 Å². The van der Waals surface area contributed by atoms with Crippen LogP contribution in [-0.2, 0) is 19.1 Å². The fourth-order valence-corrected chi connectivity index (χ4v) is 3.50. The summed E-state index contributed by atoms with van der Waals surface area (Å²) in [7, 11) is 1.28. The van der Waals surface area contributed by atoms with E-state index in [-0.39, 0.29) is 24.7 Å². The zero-order valence-corrected chi connectivity index (χ0v) is 15.1. The maximum Gasteiger partial charge on any atom is 0.326 e. The number of benzene rings is 1. The summed E-state index contributed by atoms with van der Waals surface area (Å²) in [6, 6.07) is 5.83. The Bertz CT molecular complexity index is 670. The first-order chi connectivity index (χ1) is 11.8. The maximum atomic E-state index is 12.8. The minimum absolute atomic E-state index is 0.0600. The summed E-state index contributed by atoms with van der Waals surface area (Å²) >= 11 is 0. The zero-order valence-electron chi connectivity index (χ0n) is 15.1. The Morgan fingerprint density at radius 1 is 1.32 bits per heavy atom. The third kappa shape index (κ3) is 4.00. The third-order valence-electron chi connectivity index (χ3n) is 4.54. The van der Waals surface area contributed by atoms with Gasteiger partial charge in [-0.3, -0.25) is 9.59 Å². The predicted octanol–water partition coefficient (Wildman–Crippen LogP) is 2.56. The van der Waals surface area contributed by atoms with Crippen LogP contribution in [0, 0.1) is 18.8 Å². The number of hydrogen-bond acceptors (Lipinski definition) is 4. The van der Waals surface area contributed by atoms with E-state index in [1.807, 2.05) is 45.0 Å². The van der Waals surface area contributed by atoms with Gasteiger partial charge in [-0.1, -0.05) is 43.7 Å². The lowest BCUT2D eigenvalue weighted by Crippen LogP contribution is -2.42. The average molecular weight is 347 g/mol. The molecule has 6 nitrogen and oxygen atoms in total. The first-order valence-electron chi connectivity index (χ1n) is 8.44. The molecule has 1 amide bonds. The van der Waals surface area contributed by atoms with Gasteiger partial charge in [-0.05, 0) is 24.8 Å².